The molecule has 0 nitrogen and oxygen atoms in total. The van der Waals surface area contributed by atoms with Gasteiger partial charge in [0.1, 0.15) is 0 Å². The Balaban J connectivity index is 4.42. The fourth-order valence-corrected chi connectivity index (χ4v) is 0.699. The number of rotatable bonds is 3. The largest absolute Gasteiger partial charge is 0.0991 e. The van der Waals surface area contributed by atoms with Crippen LogP contribution in [0.2, 0.25) is 0 Å². The van der Waals surface area contributed by atoms with E-state index in [0.717, 1.165) is 5.57 Å². The highest BCUT2D eigenvalue weighted by atomic mass is 13.9. The predicted octanol–water partition coefficient (Wildman–Crippen LogP) is 3.64. The van der Waals surface area contributed by atoms with Gasteiger partial charge in [0.15, 0.2) is 0 Å². The van der Waals surface area contributed by atoms with Crippen molar-refractivity contribution in [3.63, 3.8) is 0 Å². The molecule has 0 fully saturated rings. The maximum absolute atomic E-state index is 3.85. The molecule has 0 rings (SSSR count). The van der Waals surface area contributed by atoms with Crippen molar-refractivity contribution in [3.05, 3.63) is 48.1 Å². The van der Waals surface area contributed by atoms with E-state index in [0.29, 0.717) is 0 Å². The van der Waals surface area contributed by atoms with Gasteiger partial charge in [0.05, 0.1) is 0 Å². The minimum absolute atomic E-state index is 1.11. The Morgan fingerprint density at radius 2 is 1.73 bits per heavy atom. The third kappa shape index (κ3) is 4.38. The molecule has 0 aliphatic heterocycles. The van der Waals surface area contributed by atoms with Crippen LogP contribution in [0.5, 0.6) is 0 Å². The molecule has 0 aromatic heterocycles. The quantitative estimate of drug-likeness (QED) is 0.536. The zero-order valence-electron chi connectivity index (χ0n) is 7.65. The molecule has 0 bridgehead atoms. The molecular weight excluding hydrogens is 132 g/mol. The highest BCUT2D eigenvalue weighted by molar-refractivity contribution is 5.33. The summed E-state index contributed by atoms with van der Waals surface area (Å²) in [5.41, 5.74) is 3.54. The maximum atomic E-state index is 3.85. The van der Waals surface area contributed by atoms with Gasteiger partial charge < -0.3 is 0 Å². The van der Waals surface area contributed by atoms with Crippen LogP contribution in [0, 0.1) is 0 Å². The summed E-state index contributed by atoms with van der Waals surface area (Å²) in [5, 5.41) is 0. The third-order valence-corrected chi connectivity index (χ3v) is 1.50. The van der Waals surface area contributed by atoms with E-state index in [1.54, 1.807) is 6.08 Å². The molecule has 0 heteroatoms. The second-order valence-electron chi connectivity index (χ2n) is 2.75. The van der Waals surface area contributed by atoms with Crippen molar-refractivity contribution in [3.8, 4) is 0 Å². The van der Waals surface area contributed by atoms with E-state index in [2.05, 4.69) is 26.2 Å². The second-order valence-corrected chi connectivity index (χ2v) is 2.75. The van der Waals surface area contributed by atoms with Gasteiger partial charge in [-0.05, 0) is 26.3 Å². The molecule has 60 valence electrons. The van der Waals surface area contributed by atoms with Gasteiger partial charge in [-0.3, -0.25) is 0 Å². The van der Waals surface area contributed by atoms with Crippen LogP contribution in [0.15, 0.2) is 48.1 Å². The van der Waals surface area contributed by atoms with Gasteiger partial charge in [-0.1, -0.05) is 42.5 Å². The van der Waals surface area contributed by atoms with Gasteiger partial charge in [0, 0.05) is 0 Å². The Labute approximate surface area is 69.6 Å². The van der Waals surface area contributed by atoms with E-state index in [1.165, 1.54) is 11.1 Å². The molecule has 0 unspecified atom stereocenters. The number of hydrogen-bond acceptors (Lipinski definition) is 0. The van der Waals surface area contributed by atoms with Crippen LogP contribution in [0.3, 0.4) is 0 Å². The summed E-state index contributed by atoms with van der Waals surface area (Å²) in [5.74, 6) is 0. The maximum Gasteiger partial charge on any atom is -0.0395 e. The van der Waals surface area contributed by atoms with Crippen molar-refractivity contribution >= 4 is 0 Å². The molecule has 0 aliphatic carbocycles. The molecule has 0 heterocycles. The van der Waals surface area contributed by atoms with Crippen LogP contribution in [0.1, 0.15) is 20.8 Å². The SMILES string of the molecule is C=C/C=C(C)\C=C(/C)C(=C)C. The van der Waals surface area contributed by atoms with E-state index < -0.39 is 0 Å². The molecule has 0 aromatic carbocycles. The average molecular weight is 148 g/mol. The van der Waals surface area contributed by atoms with E-state index in [9.17, 15) is 0 Å². The van der Waals surface area contributed by atoms with E-state index in [-0.39, 0.29) is 0 Å². The van der Waals surface area contributed by atoms with Gasteiger partial charge >= 0.3 is 0 Å². The van der Waals surface area contributed by atoms with Crippen molar-refractivity contribution in [1.82, 2.24) is 0 Å². The molecule has 0 aliphatic rings. The molecule has 0 atom stereocenters. The molecule has 0 aromatic rings. The lowest BCUT2D eigenvalue weighted by molar-refractivity contribution is 1.33. The van der Waals surface area contributed by atoms with Crippen LogP contribution in [0.25, 0.3) is 0 Å². The van der Waals surface area contributed by atoms with Crippen LogP contribution in [0.4, 0.5) is 0 Å². The van der Waals surface area contributed by atoms with E-state index >= 15 is 0 Å². The summed E-state index contributed by atoms with van der Waals surface area (Å²) < 4.78 is 0. The van der Waals surface area contributed by atoms with Crippen LogP contribution in [-0.2, 0) is 0 Å². The number of allylic oxidation sites excluding steroid dienone is 6. The van der Waals surface area contributed by atoms with Crippen LogP contribution >= 0.6 is 0 Å². The Hall–Kier alpha value is -1.04. The Kier molecular flexibility index (Phi) is 4.28. The average Bonchev–Trinajstić information content (AvgIpc) is 1.87. The normalized spacial score (nSPS) is 13.0. The molecule has 0 saturated carbocycles. The van der Waals surface area contributed by atoms with E-state index in [4.69, 9.17) is 0 Å². The number of hydrogen-bond donors (Lipinski definition) is 0. The summed E-state index contributed by atoms with van der Waals surface area (Å²) in [4.78, 5) is 0. The first-order valence-electron chi connectivity index (χ1n) is 3.71. The molecule has 0 radical (unpaired) electrons. The van der Waals surface area contributed by atoms with Crippen LogP contribution < -0.4 is 0 Å². The van der Waals surface area contributed by atoms with Crippen LogP contribution in [-0.4, -0.2) is 0 Å². The topological polar surface area (TPSA) is 0 Å². The zero-order valence-corrected chi connectivity index (χ0v) is 7.65. The summed E-state index contributed by atoms with van der Waals surface area (Å²) in [6.45, 7) is 13.6. The summed E-state index contributed by atoms with van der Waals surface area (Å²) >= 11 is 0. The minimum atomic E-state index is 1.11. The molecular formula is C11H16. The van der Waals surface area contributed by atoms with Gasteiger partial charge in [-0.15, -0.1) is 0 Å². The van der Waals surface area contributed by atoms with Crippen molar-refractivity contribution in [2.45, 2.75) is 20.8 Å². The Bertz CT molecular complexity index is 214. The smallest absolute Gasteiger partial charge is 0.0395 e. The second kappa shape index (κ2) is 4.73. The standard InChI is InChI=1S/C11H16/c1-6-7-10(4)8-11(5)9(2)3/h6-8H,1-2H2,3-5H3/b10-7-,11-8+. The summed E-state index contributed by atoms with van der Waals surface area (Å²) in [7, 11) is 0. The van der Waals surface area contributed by atoms with Crippen molar-refractivity contribution in [1.29, 1.82) is 0 Å². The molecule has 11 heavy (non-hydrogen) atoms. The first-order valence-corrected chi connectivity index (χ1v) is 3.71. The third-order valence-electron chi connectivity index (χ3n) is 1.50. The van der Waals surface area contributed by atoms with E-state index in [1.807, 2.05) is 19.9 Å². The molecule has 0 amide bonds. The minimum Gasteiger partial charge on any atom is -0.0991 e. The Morgan fingerprint density at radius 1 is 1.18 bits per heavy atom. The Morgan fingerprint density at radius 3 is 2.09 bits per heavy atom. The van der Waals surface area contributed by atoms with Gasteiger partial charge in [0.25, 0.3) is 0 Å². The fourth-order valence-electron chi connectivity index (χ4n) is 0.699. The van der Waals surface area contributed by atoms with Gasteiger partial charge in [-0.25, -0.2) is 0 Å². The highest BCUT2D eigenvalue weighted by Crippen LogP contribution is 2.08. The summed E-state index contributed by atoms with van der Waals surface area (Å²) in [6.07, 6.45) is 5.87. The van der Waals surface area contributed by atoms with Crippen molar-refractivity contribution in [2.24, 2.45) is 0 Å². The fraction of sp³-hybridized carbons (Fsp3) is 0.273. The first-order chi connectivity index (χ1) is 5.07. The zero-order chi connectivity index (χ0) is 8.85. The summed E-state index contributed by atoms with van der Waals surface area (Å²) in [6, 6.07) is 0. The predicted molar refractivity (Wildman–Crippen MR) is 52.5 cm³/mol. The lowest BCUT2D eigenvalue weighted by Crippen LogP contribution is -1.77. The lowest BCUT2D eigenvalue weighted by Gasteiger charge is -1.97. The first kappa shape index (κ1) is 9.96. The lowest BCUT2D eigenvalue weighted by atomic mass is 10.1. The molecule has 0 saturated heterocycles. The molecule has 0 spiro atoms. The molecule has 0 N–H and O–H groups in total. The van der Waals surface area contributed by atoms with Crippen molar-refractivity contribution in [2.75, 3.05) is 0 Å². The monoisotopic (exact) mass is 148 g/mol. The van der Waals surface area contributed by atoms with Crippen molar-refractivity contribution < 1.29 is 0 Å². The van der Waals surface area contributed by atoms with Gasteiger partial charge in [-0.2, -0.15) is 0 Å². The highest BCUT2D eigenvalue weighted by Gasteiger charge is 1.88. The van der Waals surface area contributed by atoms with Gasteiger partial charge in [0.2, 0.25) is 0 Å².